The molecule has 0 spiro atoms. The highest BCUT2D eigenvalue weighted by Crippen LogP contribution is 2.30. The van der Waals surface area contributed by atoms with Gasteiger partial charge in [0.15, 0.2) is 5.13 Å². The maximum atomic E-state index is 12.7. The van der Waals surface area contributed by atoms with Crippen LogP contribution >= 0.6 is 11.3 Å². The zero-order chi connectivity index (χ0) is 19.9. The molecule has 1 aliphatic heterocycles. The van der Waals surface area contributed by atoms with E-state index in [2.05, 4.69) is 15.4 Å². The van der Waals surface area contributed by atoms with Gasteiger partial charge < -0.3 is 0 Å². The Hall–Kier alpha value is -2.63. The zero-order valence-electron chi connectivity index (χ0n) is 15.0. The van der Waals surface area contributed by atoms with Crippen LogP contribution in [0.25, 0.3) is 10.2 Å². The number of thiazole rings is 1. The molecule has 1 saturated heterocycles. The van der Waals surface area contributed by atoms with Crippen molar-refractivity contribution in [1.29, 1.82) is 0 Å². The number of sulfonamides is 1. The summed E-state index contributed by atoms with van der Waals surface area (Å²) in [6.07, 6.45) is 1.74. The number of amides is 1. The van der Waals surface area contributed by atoms with E-state index in [1.807, 2.05) is 0 Å². The number of hydrogen-bond acceptors (Lipinski definition) is 7. The van der Waals surface area contributed by atoms with Crippen molar-refractivity contribution in [3.05, 3.63) is 46.4 Å². The van der Waals surface area contributed by atoms with Crippen molar-refractivity contribution < 1.29 is 13.2 Å². The minimum atomic E-state index is -3.51. The van der Waals surface area contributed by atoms with Crippen molar-refractivity contribution in [3.63, 3.8) is 0 Å². The number of anilines is 1. The molecule has 0 unspecified atom stereocenters. The molecule has 0 saturated carbocycles. The smallest absolute Gasteiger partial charge is 0.277 e. The molecule has 0 radical (unpaired) electrons. The number of aryl methyl sites for hydroxylation is 1. The number of nitrogens with zero attached hydrogens (tertiary/aromatic N) is 4. The van der Waals surface area contributed by atoms with Crippen LogP contribution in [0.1, 0.15) is 23.3 Å². The van der Waals surface area contributed by atoms with Gasteiger partial charge >= 0.3 is 0 Å². The molecule has 1 N–H and O–H groups in total. The number of fused-ring (bicyclic) bond motifs is 1. The Labute approximate surface area is 164 Å². The van der Waals surface area contributed by atoms with Gasteiger partial charge in [0.2, 0.25) is 10.0 Å². The Balaban J connectivity index is 1.60. The van der Waals surface area contributed by atoms with Gasteiger partial charge in [0.1, 0.15) is 5.69 Å². The van der Waals surface area contributed by atoms with E-state index in [0.29, 0.717) is 28.4 Å². The Morgan fingerprint density at radius 1 is 1.18 bits per heavy atom. The predicted octanol–water partition coefficient (Wildman–Crippen LogP) is 1.43. The molecule has 1 fully saturated rings. The number of benzene rings is 1. The van der Waals surface area contributed by atoms with Gasteiger partial charge in [-0.1, -0.05) is 11.3 Å². The van der Waals surface area contributed by atoms with Crippen molar-refractivity contribution in [2.45, 2.75) is 17.7 Å². The highest BCUT2D eigenvalue weighted by molar-refractivity contribution is 7.89. The third-order valence-electron chi connectivity index (χ3n) is 4.48. The quantitative estimate of drug-likeness (QED) is 0.684. The average Bonchev–Trinajstić information content (AvgIpc) is 3.32. The van der Waals surface area contributed by atoms with E-state index in [-0.39, 0.29) is 16.1 Å². The maximum absolute atomic E-state index is 12.7. The molecule has 0 atom stereocenters. The number of rotatable bonds is 4. The van der Waals surface area contributed by atoms with Crippen molar-refractivity contribution in [1.82, 2.24) is 19.1 Å². The number of nitrogens with one attached hydrogen (secondary N) is 1. The Morgan fingerprint density at radius 3 is 2.64 bits per heavy atom. The van der Waals surface area contributed by atoms with Crippen molar-refractivity contribution >= 4 is 42.6 Å². The van der Waals surface area contributed by atoms with Crippen LogP contribution in [0.4, 0.5) is 5.13 Å². The summed E-state index contributed by atoms with van der Waals surface area (Å²) in [5.74, 6) is -0.500. The monoisotopic (exact) mass is 419 g/mol. The minimum absolute atomic E-state index is 0.0821. The van der Waals surface area contributed by atoms with Crippen molar-refractivity contribution in [2.75, 3.05) is 18.4 Å². The lowest BCUT2D eigenvalue weighted by atomic mass is 10.3. The second-order valence-electron chi connectivity index (χ2n) is 6.39. The van der Waals surface area contributed by atoms with Gasteiger partial charge in [-0.05, 0) is 37.1 Å². The van der Waals surface area contributed by atoms with Crippen LogP contribution < -0.4 is 10.9 Å². The molecule has 28 heavy (non-hydrogen) atoms. The van der Waals surface area contributed by atoms with Crippen LogP contribution in [0, 0.1) is 0 Å². The first-order chi connectivity index (χ1) is 13.3. The second kappa shape index (κ2) is 7.08. The molecular formula is C17H17N5O4S2. The normalized spacial score (nSPS) is 15.2. The Morgan fingerprint density at radius 2 is 1.93 bits per heavy atom. The van der Waals surface area contributed by atoms with Gasteiger partial charge in [-0.15, -0.1) is 0 Å². The fraction of sp³-hybridized carbons (Fsp3) is 0.294. The van der Waals surface area contributed by atoms with Gasteiger partial charge in [-0.2, -0.15) is 9.40 Å². The van der Waals surface area contributed by atoms with Gasteiger partial charge in [0.25, 0.3) is 11.5 Å². The second-order valence-corrected chi connectivity index (χ2v) is 9.36. The van der Waals surface area contributed by atoms with Gasteiger partial charge in [0, 0.05) is 26.2 Å². The topological polar surface area (TPSA) is 114 Å². The SMILES string of the molecule is Cn1nc(C(=O)Nc2nc3ccc(S(=O)(=O)N4CCCC4)cc3s2)ccc1=O. The average molecular weight is 419 g/mol. The zero-order valence-corrected chi connectivity index (χ0v) is 16.6. The van der Waals surface area contributed by atoms with Gasteiger partial charge in [-0.25, -0.2) is 18.1 Å². The number of carbonyl (C=O) groups is 1. The summed E-state index contributed by atoms with van der Waals surface area (Å²) in [5, 5.41) is 6.86. The molecule has 9 nitrogen and oxygen atoms in total. The van der Waals surface area contributed by atoms with E-state index >= 15 is 0 Å². The highest BCUT2D eigenvalue weighted by Gasteiger charge is 2.27. The Bertz CT molecular complexity index is 1230. The maximum Gasteiger partial charge on any atom is 0.277 e. The molecule has 1 aromatic carbocycles. The summed E-state index contributed by atoms with van der Waals surface area (Å²) in [6.45, 7) is 1.08. The van der Waals surface area contributed by atoms with E-state index in [1.54, 1.807) is 12.1 Å². The van der Waals surface area contributed by atoms with E-state index in [9.17, 15) is 18.0 Å². The fourth-order valence-corrected chi connectivity index (χ4v) is 5.50. The van der Waals surface area contributed by atoms with Crippen LogP contribution in [-0.4, -0.2) is 46.5 Å². The van der Waals surface area contributed by atoms with Crippen LogP contribution in [0.5, 0.6) is 0 Å². The molecule has 2 aromatic heterocycles. The number of aromatic nitrogens is 3. The summed E-state index contributed by atoms with van der Waals surface area (Å²) in [7, 11) is -2.06. The largest absolute Gasteiger partial charge is 0.296 e. The first-order valence-corrected chi connectivity index (χ1v) is 10.9. The molecule has 11 heteroatoms. The summed E-state index contributed by atoms with van der Waals surface area (Å²) in [4.78, 5) is 28.3. The molecule has 4 rings (SSSR count). The molecule has 1 amide bonds. The lowest BCUT2D eigenvalue weighted by Gasteiger charge is -2.15. The van der Waals surface area contributed by atoms with Gasteiger partial charge in [0.05, 0.1) is 15.1 Å². The lowest BCUT2D eigenvalue weighted by Crippen LogP contribution is -2.27. The Kier molecular flexibility index (Phi) is 4.73. The standard InChI is InChI=1S/C17H17N5O4S2/c1-21-15(23)7-6-13(20-21)16(24)19-17-18-12-5-4-11(10-14(12)27-17)28(25,26)22-8-2-3-9-22/h4-7,10H,2-3,8-9H2,1H3,(H,18,19,24). The van der Waals surface area contributed by atoms with E-state index in [0.717, 1.165) is 17.5 Å². The third kappa shape index (κ3) is 3.43. The van der Waals surface area contributed by atoms with Crippen LogP contribution in [0.15, 0.2) is 40.0 Å². The molecule has 0 bridgehead atoms. The number of hydrogen-bond donors (Lipinski definition) is 1. The van der Waals surface area contributed by atoms with E-state index in [4.69, 9.17) is 0 Å². The van der Waals surface area contributed by atoms with Crippen LogP contribution in [0.3, 0.4) is 0 Å². The summed E-state index contributed by atoms with van der Waals surface area (Å²) in [6, 6.07) is 7.35. The van der Waals surface area contributed by atoms with Crippen molar-refractivity contribution in [2.24, 2.45) is 7.05 Å². The fourth-order valence-electron chi connectivity index (χ4n) is 2.98. The summed E-state index contributed by atoms with van der Waals surface area (Å²) >= 11 is 1.18. The third-order valence-corrected chi connectivity index (χ3v) is 7.30. The molecule has 3 aromatic rings. The van der Waals surface area contributed by atoms with E-state index < -0.39 is 15.9 Å². The summed E-state index contributed by atoms with van der Waals surface area (Å²) in [5.41, 5.74) is 0.357. The molecule has 3 heterocycles. The van der Waals surface area contributed by atoms with Gasteiger partial charge in [-0.3, -0.25) is 14.9 Å². The predicted molar refractivity (Wildman–Crippen MR) is 105 cm³/mol. The minimum Gasteiger partial charge on any atom is -0.296 e. The van der Waals surface area contributed by atoms with Crippen LogP contribution in [-0.2, 0) is 17.1 Å². The first kappa shape index (κ1) is 18.7. The molecule has 0 aliphatic carbocycles. The lowest BCUT2D eigenvalue weighted by molar-refractivity contribution is 0.102. The van der Waals surface area contributed by atoms with Crippen LogP contribution in [0.2, 0.25) is 0 Å². The van der Waals surface area contributed by atoms with E-state index in [1.165, 1.54) is 40.9 Å². The molecule has 1 aliphatic rings. The molecular weight excluding hydrogens is 402 g/mol. The molecule has 146 valence electrons. The summed E-state index contributed by atoms with van der Waals surface area (Å²) < 4.78 is 28.6. The highest BCUT2D eigenvalue weighted by atomic mass is 32.2. The first-order valence-electron chi connectivity index (χ1n) is 8.61. The number of carbonyl (C=O) groups excluding carboxylic acids is 1. The van der Waals surface area contributed by atoms with Crippen molar-refractivity contribution in [3.8, 4) is 0 Å².